The zero-order valence-corrected chi connectivity index (χ0v) is 17.3. The lowest BCUT2D eigenvalue weighted by molar-refractivity contribution is 0.0429. The Hall–Kier alpha value is -2.62. The number of hydrazone groups is 2. The molecule has 2 saturated carbocycles. The third kappa shape index (κ3) is 2.44. The molecule has 2 aliphatic carbocycles. The van der Waals surface area contributed by atoms with Crippen LogP contribution in [0.15, 0.2) is 70.9 Å². The first-order valence-corrected chi connectivity index (χ1v) is 10.8. The average Bonchev–Trinajstić information content (AvgIpc) is 3.16. The molecule has 148 valence electrons. The number of hydrogen-bond acceptors (Lipinski definition) is 4. The van der Waals surface area contributed by atoms with Gasteiger partial charge in [-0.15, -0.1) is 0 Å². The molecule has 0 unspecified atom stereocenters. The second-order valence-electron chi connectivity index (χ2n) is 9.68. The molecule has 2 bridgehead atoms. The lowest BCUT2D eigenvalue weighted by Crippen LogP contribution is -2.60. The first-order valence-electron chi connectivity index (χ1n) is 10.8. The number of benzene rings is 2. The van der Waals surface area contributed by atoms with E-state index in [9.17, 15) is 0 Å². The summed E-state index contributed by atoms with van der Waals surface area (Å²) in [5.74, 6) is 1.14. The molecule has 29 heavy (non-hydrogen) atoms. The number of hydrogen-bond donors (Lipinski definition) is 0. The van der Waals surface area contributed by atoms with Crippen molar-refractivity contribution in [3.63, 3.8) is 0 Å². The summed E-state index contributed by atoms with van der Waals surface area (Å²) in [5.41, 5.74) is 5.59. The zero-order valence-electron chi connectivity index (χ0n) is 17.3. The minimum absolute atomic E-state index is 0.0601. The van der Waals surface area contributed by atoms with Gasteiger partial charge in [-0.1, -0.05) is 60.7 Å². The van der Waals surface area contributed by atoms with Gasteiger partial charge in [-0.05, 0) is 31.4 Å². The maximum atomic E-state index is 5.23. The molecular formula is C25H28N4. The van der Waals surface area contributed by atoms with Crippen LogP contribution in [-0.2, 0) is 13.1 Å². The average molecular weight is 385 g/mol. The van der Waals surface area contributed by atoms with Gasteiger partial charge < -0.3 is 0 Å². The minimum atomic E-state index is 0.0601. The van der Waals surface area contributed by atoms with Gasteiger partial charge in [0.2, 0.25) is 0 Å². The van der Waals surface area contributed by atoms with Crippen LogP contribution in [0.3, 0.4) is 0 Å². The molecule has 0 radical (unpaired) electrons. The third-order valence-corrected chi connectivity index (χ3v) is 7.88. The summed E-state index contributed by atoms with van der Waals surface area (Å²) in [4.78, 5) is 0. The van der Waals surface area contributed by atoms with Crippen molar-refractivity contribution in [2.45, 2.75) is 57.3 Å². The topological polar surface area (TPSA) is 31.2 Å². The quantitative estimate of drug-likeness (QED) is 0.767. The van der Waals surface area contributed by atoms with Crippen LogP contribution in [0.5, 0.6) is 0 Å². The highest BCUT2D eigenvalue weighted by Crippen LogP contribution is 2.57. The van der Waals surface area contributed by atoms with Gasteiger partial charge in [0.15, 0.2) is 0 Å². The molecule has 0 N–H and O–H groups in total. The lowest BCUT2D eigenvalue weighted by Gasteiger charge is -2.51. The molecule has 4 heteroatoms. The Kier molecular flexibility index (Phi) is 3.54. The highest BCUT2D eigenvalue weighted by Gasteiger charge is 2.63. The molecule has 0 saturated heterocycles. The Morgan fingerprint density at radius 2 is 1.14 bits per heavy atom. The van der Waals surface area contributed by atoms with Gasteiger partial charge in [0.1, 0.15) is 0 Å². The van der Waals surface area contributed by atoms with Crippen LogP contribution >= 0.6 is 0 Å². The van der Waals surface area contributed by atoms with E-state index in [2.05, 4.69) is 84.5 Å². The first kappa shape index (κ1) is 17.3. The maximum absolute atomic E-state index is 5.23. The van der Waals surface area contributed by atoms with E-state index in [-0.39, 0.29) is 11.1 Å². The van der Waals surface area contributed by atoms with Crippen LogP contribution in [0.2, 0.25) is 0 Å². The fourth-order valence-electron chi connectivity index (χ4n) is 6.20. The van der Waals surface area contributed by atoms with Crippen LogP contribution in [-0.4, -0.2) is 32.5 Å². The smallest absolute Gasteiger partial charge is 0.0688 e. The first-order chi connectivity index (χ1) is 14.1. The largest absolute Gasteiger partial charge is 0.286 e. The van der Waals surface area contributed by atoms with E-state index in [1.54, 1.807) is 0 Å². The van der Waals surface area contributed by atoms with Crippen molar-refractivity contribution in [2.75, 3.05) is 0 Å². The number of rotatable bonds is 4. The molecule has 2 aromatic carbocycles. The Morgan fingerprint density at radius 3 is 1.55 bits per heavy atom. The second kappa shape index (κ2) is 5.94. The molecule has 0 spiro atoms. The summed E-state index contributed by atoms with van der Waals surface area (Å²) in [7, 11) is 0. The Labute approximate surface area is 172 Å². The Bertz CT molecular complexity index is 916. The van der Waals surface area contributed by atoms with Gasteiger partial charge >= 0.3 is 0 Å². The van der Waals surface area contributed by atoms with Gasteiger partial charge in [-0.25, -0.2) is 0 Å². The summed E-state index contributed by atoms with van der Waals surface area (Å²) in [6.07, 6.45) is 3.26. The zero-order chi connectivity index (χ0) is 19.6. The van der Waals surface area contributed by atoms with Crippen LogP contribution in [0.25, 0.3) is 0 Å². The van der Waals surface area contributed by atoms with Gasteiger partial charge in [0.05, 0.1) is 24.2 Å². The van der Waals surface area contributed by atoms with Crippen molar-refractivity contribution in [2.24, 2.45) is 22.0 Å². The third-order valence-electron chi connectivity index (χ3n) is 7.88. The SMILES string of the molecule is C[C@]12CC3=NN(Cc4ccccc4)[C@]4(C)CC(=NN1Cc1ccccc1)[C@H]2C[C@H]34. The van der Waals surface area contributed by atoms with Crippen LogP contribution < -0.4 is 0 Å². The lowest BCUT2D eigenvalue weighted by atomic mass is 9.57. The Morgan fingerprint density at radius 1 is 0.724 bits per heavy atom. The highest BCUT2D eigenvalue weighted by molar-refractivity contribution is 6.01. The van der Waals surface area contributed by atoms with Crippen molar-refractivity contribution >= 4 is 11.4 Å². The van der Waals surface area contributed by atoms with Crippen LogP contribution in [0.1, 0.15) is 44.2 Å². The predicted octanol–water partition coefficient (Wildman–Crippen LogP) is 4.68. The van der Waals surface area contributed by atoms with Crippen molar-refractivity contribution < 1.29 is 0 Å². The molecule has 0 aromatic heterocycles. The van der Waals surface area contributed by atoms with E-state index in [0.29, 0.717) is 11.8 Å². The van der Waals surface area contributed by atoms with E-state index in [4.69, 9.17) is 10.2 Å². The standard InChI is InChI=1S/C25H28N4/c1-24-14-22-21-13-20(24)23(26-28(24)16-18-9-5-3-6-10-18)15-25(21,2)29(27-22)17-19-11-7-4-8-12-19/h3-12,20-21H,13-17H2,1-2H3/t20-,21-,24-,25-/m1/s1. The fourth-order valence-corrected chi connectivity index (χ4v) is 6.20. The summed E-state index contributed by atoms with van der Waals surface area (Å²) in [5, 5.41) is 15.2. The van der Waals surface area contributed by atoms with E-state index in [1.807, 2.05) is 0 Å². The van der Waals surface area contributed by atoms with Crippen molar-refractivity contribution in [3.8, 4) is 0 Å². The monoisotopic (exact) mass is 384 g/mol. The van der Waals surface area contributed by atoms with Crippen LogP contribution in [0, 0.1) is 11.8 Å². The van der Waals surface area contributed by atoms with Crippen molar-refractivity contribution in [3.05, 3.63) is 71.8 Å². The number of nitrogens with zero attached hydrogens (tertiary/aromatic N) is 4. The van der Waals surface area contributed by atoms with Gasteiger partial charge in [-0.2, -0.15) is 10.2 Å². The maximum Gasteiger partial charge on any atom is 0.0688 e. The molecule has 4 aliphatic rings. The summed E-state index contributed by atoms with van der Waals surface area (Å²) >= 11 is 0. The molecule has 2 fully saturated rings. The molecule has 2 aromatic rings. The normalized spacial score (nSPS) is 34.3. The Balaban J connectivity index is 1.34. The van der Waals surface area contributed by atoms with Gasteiger partial charge in [0.25, 0.3) is 0 Å². The van der Waals surface area contributed by atoms with Gasteiger partial charge in [-0.3, -0.25) is 10.0 Å². The summed E-state index contributed by atoms with van der Waals surface area (Å²) < 4.78 is 0. The molecule has 2 heterocycles. The fraction of sp³-hybridized carbons (Fsp3) is 0.440. The predicted molar refractivity (Wildman–Crippen MR) is 116 cm³/mol. The molecule has 2 aliphatic heterocycles. The van der Waals surface area contributed by atoms with E-state index < -0.39 is 0 Å². The minimum Gasteiger partial charge on any atom is -0.286 e. The van der Waals surface area contributed by atoms with Crippen molar-refractivity contribution in [1.29, 1.82) is 0 Å². The van der Waals surface area contributed by atoms with E-state index in [1.165, 1.54) is 29.0 Å². The molecule has 4 atom stereocenters. The highest BCUT2D eigenvalue weighted by atomic mass is 15.6. The van der Waals surface area contributed by atoms with E-state index >= 15 is 0 Å². The summed E-state index contributed by atoms with van der Waals surface area (Å²) in [6, 6.07) is 21.5. The summed E-state index contributed by atoms with van der Waals surface area (Å²) in [6.45, 7) is 6.61. The van der Waals surface area contributed by atoms with Crippen LogP contribution in [0.4, 0.5) is 0 Å². The van der Waals surface area contributed by atoms with Crippen molar-refractivity contribution in [1.82, 2.24) is 10.0 Å². The molecule has 4 nitrogen and oxygen atoms in total. The second-order valence-corrected chi connectivity index (χ2v) is 9.68. The molecule has 6 rings (SSSR count). The van der Waals surface area contributed by atoms with E-state index in [0.717, 1.165) is 25.9 Å². The molecule has 0 amide bonds. The van der Waals surface area contributed by atoms with Gasteiger partial charge in [0, 0.05) is 36.1 Å². The molecular weight excluding hydrogens is 356 g/mol.